The molecule has 1 atom stereocenters. The number of aromatic nitrogens is 2. The van der Waals surface area contributed by atoms with Gasteiger partial charge in [-0.25, -0.2) is 4.79 Å². The van der Waals surface area contributed by atoms with Gasteiger partial charge in [-0.05, 0) is 42.5 Å². The molecular weight excluding hydrogens is 424 g/mol. The molecule has 160 valence electrons. The second-order valence-electron chi connectivity index (χ2n) is 6.58. The third-order valence-electron chi connectivity index (χ3n) is 5.00. The second kappa shape index (κ2) is 7.80. The third-order valence-corrected chi connectivity index (χ3v) is 5.29. The number of fused-ring (bicyclic) bond motifs is 1. The minimum absolute atomic E-state index is 0.0201. The minimum Gasteiger partial charge on any atom is -0.497 e. The number of cyclic esters (lactones) is 1. The molecule has 0 amide bonds. The van der Waals surface area contributed by atoms with Gasteiger partial charge in [-0.15, -0.1) is 0 Å². The Morgan fingerprint density at radius 2 is 1.74 bits per heavy atom. The number of esters is 1. The van der Waals surface area contributed by atoms with Gasteiger partial charge in [0.25, 0.3) is 5.56 Å². The SMILES string of the molecule is COc1ccc(-n2c(O)c(C3OC(=O)c4c3ccc(OC)c4OC)c(=O)[nH]c2=S)cc1. The number of rotatable bonds is 5. The number of H-pyrrole nitrogens is 1. The first-order valence-corrected chi connectivity index (χ1v) is 9.50. The second-order valence-corrected chi connectivity index (χ2v) is 6.97. The minimum atomic E-state index is -1.16. The van der Waals surface area contributed by atoms with Crippen molar-refractivity contribution in [2.24, 2.45) is 0 Å². The highest BCUT2D eigenvalue weighted by Crippen LogP contribution is 2.45. The van der Waals surface area contributed by atoms with Crippen molar-refractivity contribution in [3.8, 4) is 28.8 Å². The van der Waals surface area contributed by atoms with E-state index < -0.39 is 23.5 Å². The number of hydrogen-bond acceptors (Lipinski definition) is 8. The predicted molar refractivity (Wildman–Crippen MR) is 112 cm³/mol. The van der Waals surface area contributed by atoms with Gasteiger partial charge in [0.1, 0.15) is 16.9 Å². The first-order valence-electron chi connectivity index (χ1n) is 9.09. The highest BCUT2D eigenvalue weighted by Gasteiger charge is 2.40. The normalized spacial score (nSPS) is 14.7. The Morgan fingerprint density at radius 3 is 2.35 bits per heavy atom. The van der Waals surface area contributed by atoms with E-state index in [0.29, 0.717) is 22.7 Å². The molecule has 0 bridgehead atoms. The molecule has 9 nitrogen and oxygen atoms in total. The average molecular weight is 442 g/mol. The molecular formula is C21H18N2O7S. The van der Waals surface area contributed by atoms with Crippen LogP contribution in [0.2, 0.25) is 0 Å². The highest BCUT2D eigenvalue weighted by atomic mass is 32.1. The summed E-state index contributed by atoms with van der Waals surface area (Å²) in [6, 6.07) is 9.88. The number of nitrogens with one attached hydrogen (secondary N) is 1. The Bertz CT molecular complexity index is 1290. The fraction of sp³-hybridized carbons (Fsp3) is 0.190. The molecule has 2 N–H and O–H groups in total. The number of benzene rings is 2. The van der Waals surface area contributed by atoms with Gasteiger partial charge in [0.15, 0.2) is 22.4 Å². The first kappa shape index (κ1) is 20.5. The van der Waals surface area contributed by atoms with Crippen LogP contribution in [0.3, 0.4) is 0 Å². The average Bonchev–Trinajstić information content (AvgIpc) is 3.09. The third kappa shape index (κ3) is 3.21. The lowest BCUT2D eigenvalue weighted by Gasteiger charge is -2.17. The summed E-state index contributed by atoms with van der Waals surface area (Å²) in [6.07, 6.45) is -1.16. The summed E-state index contributed by atoms with van der Waals surface area (Å²) in [5.41, 5.74) is 0.139. The van der Waals surface area contributed by atoms with Gasteiger partial charge in [0, 0.05) is 5.56 Å². The van der Waals surface area contributed by atoms with Gasteiger partial charge in [-0.1, -0.05) is 6.07 Å². The molecule has 0 radical (unpaired) electrons. The molecule has 0 saturated heterocycles. The van der Waals surface area contributed by atoms with Crippen molar-refractivity contribution in [2.75, 3.05) is 21.3 Å². The van der Waals surface area contributed by atoms with E-state index in [-0.39, 0.29) is 21.6 Å². The van der Waals surface area contributed by atoms with Gasteiger partial charge in [0.05, 0.1) is 27.0 Å². The topological polar surface area (TPSA) is 112 Å². The molecule has 1 unspecified atom stereocenters. The van der Waals surface area contributed by atoms with Gasteiger partial charge in [-0.3, -0.25) is 14.3 Å². The maximum Gasteiger partial charge on any atom is 0.343 e. The lowest BCUT2D eigenvalue weighted by atomic mass is 9.99. The van der Waals surface area contributed by atoms with Crippen LogP contribution >= 0.6 is 12.2 Å². The molecule has 4 rings (SSSR count). The van der Waals surface area contributed by atoms with Crippen molar-refractivity contribution in [1.29, 1.82) is 0 Å². The highest BCUT2D eigenvalue weighted by molar-refractivity contribution is 7.71. The van der Waals surface area contributed by atoms with E-state index in [2.05, 4.69) is 4.98 Å². The van der Waals surface area contributed by atoms with Crippen LogP contribution in [0.1, 0.15) is 27.6 Å². The van der Waals surface area contributed by atoms with Crippen LogP contribution in [0.4, 0.5) is 0 Å². The van der Waals surface area contributed by atoms with Gasteiger partial charge < -0.3 is 24.1 Å². The summed E-state index contributed by atoms with van der Waals surface area (Å²) < 4.78 is 22.4. The summed E-state index contributed by atoms with van der Waals surface area (Å²) in [5, 5.41) is 11.0. The van der Waals surface area contributed by atoms with E-state index in [9.17, 15) is 14.7 Å². The summed E-state index contributed by atoms with van der Waals surface area (Å²) in [5.74, 6) is -0.0102. The molecule has 0 saturated carbocycles. The molecule has 1 aliphatic heterocycles. The standard InChI is InChI=1S/C21H18N2O7S/c1-27-11-6-4-10(5-7-11)23-19(25)15(18(24)22-21(23)31)16-12-8-9-13(28-2)17(29-3)14(12)20(26)30-16/h4-9,16,25H,1-3H3,(H,22,24,31). The number of aromatic amines is 1. The molecule has 1 aliphatic rings. The molecule has 31 heavy (non-hydrogen) atoms. The van der Waals surface area contributed by atoms with Crippen molar-refractivity contribution in [2.45, 2.75) is 6.10 Å². The first-order chi connectivity index (χ1) is 14.9. The summed E-state index contributed by atoms with van der Waals surface area (Å²) in [7, 11) is 4.37. The van der Waals surface area contributed by atoms with Gasteiger partial charge >= 0.3 is 5.97 Å². The molecule has 0 aliphatic carbocycles. The molecule has 3 aromatic rings. The number of hydrogen-bond donors (Lipinski definition) is 2. The maximum absolute atomic E-state index is 12.8. The molecule has 2 aromatic carbocycles. The van der Waals surface area contributed by atoms with Crippen LogP contribution in [0.5, 0.6) is 23.1 Å². The van der Waals surface area contributed by atoms with Crippen LogP contribution < -0.4 is 19.8 Å². The lowest BCUT2D eigenvalue weighted by molar-refractivity contribution is 0.0447. The molecule has 2 heterocycles. The number of ether oxygens (including phenoxy) is 4. The predicted octanol–water partition coefficient (Wildman–Crippen LogP) is 2.89. The summed E-state index contributed by atoms with van der Waals surface area (Å²) >= 11 is 5.25. The quantitative estimate of drug-likeness (QED) is 0.458. The van der Waals surface area contributed by atoms with Crippen LogP contribution in [0.15, 0.2) is 41.2 Å². The van der Waals surface area contributed by atoms with E-state index >= 15 is 0 Å². The van der Waals surface area contributed by atoms with Crippen molar-refractivity contribution in [3.05, 3.63) is 68.2 Å². The molecule has 1 aromatic heterocycles. The summed E-state index contributed by atoms with van der Waals surface area (Å²) in [4.78, 5) is 27.9. The fourth-order valence-corrected chi connectivity index (χ4v) is 3.85. The van der Waals surface area contributed by atoms with E-state index in [1.54, 1.807) is 36.4 Å². The number of carbonyl (C=O) groups excluding carboxylic acids is 1. The maximum atomic E-state index is 12.8. The monoisotopic (exact) mass is 442 g/mol. The lowest BCUT2D eigenvalue weighted by Crippen LogP contribution is -2.21. The van der Waals surface area contributed by atoms with E-state index in [1.807, 2.05) is 0 Å². The zero-order chi connectivity index (χ0) is 22.3. The van der Waals surface area contributed by atoms with Crippen LogP contribution in [-0.2, 0) is 4.74 Å². The smallest absolute Gasteiger partial charge is 0.343 e. The number of methoxy groups -OCH3 is 3. The van der Waals surface area contributed by atoms with Crippen molar-refractivity contribution >= 4 is 18.2 Å². The Balaban J connectivity index is 1.92. The number of aromatic hydroxyl groups is 1. The van der Waals surface area contributed by atoms with E-state index in [1.165, 1.54) is 25.9 Å². The van der Waals surface area contributed by atoms with E-state index in [0.717, 1.165) is 0 Å². The fourth-order valence-electron chi connectivity index (χ4n) is 3.56. The Labute approximate surface area is 181 Å². The number of carbonyl (C=O) groups is 1. The van der Waals surface area contributed by atoms with Crippen molar-refractivity contribution in [1.82, 2.24) is 9.55 Å². The van der Waals surface area contributed by atoms with Gasteiger partial charge in [0.2, 0.25) is 5.88 Å². The summed E-state index contributed by atoms with van der Waals surface area (Å²) in [6.45, 7) is 0. The molecule has 0 spiro atoms. The zero-order valence-corrected chi connectivity index (χ0v) is 17.6. The number of nitrogens with zero attached hydrogens (tertiary/aromatic N) is 1. The Hall–Kier alpha value is -3.79. The van der Waals surface area contributed by atoms with Crippen molar-refractivity contribution < 1.29 is 28.8 Å². The molecule has 10 heteroatoms. The van der Waals surface area contributed by atoms with E-state index in [4.69, 9.17) is 31.2 Å². The largest absolute Gasteiger partial charge is 0.497 e. The van der Waals surface area contributed by atoms with Gasteiger partial charge in [-0.2, -0.15) is 0 Å². The zero-order valence-electron chi connectivity index (χ0n) is 16.8. The molecule has 0 fully saturated rings. The van der Waals surface area contributed by atoms with Crippen molar-refractivity contribution in [3.63, 3.8) is 0 Å². The van der Waals surface area contributed by atoms with Crippen LogP contribution in [0, 0.1) is 4.77 Å². The Kier molecular flexibility index (Phi) is 5.15. The van der Waals surface area contributed by atoms with Crippen LogP contribution in [-0.4, -0.2) is 42.0 Å². The van der Waals surface area contributed by atoms with Crippen LogP contribution in [0.25, 0.3) is 5.69 Å². The Morgan fingerprint density at radius 1 is 1.03 bits per heavy atom.